The van der Waals surface area contributed by atoms with Crippen molar-refractivity contribution in [3.8, 4) is 33.4 Å². The Kier molecular flexibility index (Phi) is 9.19. The van der Waals surface area contributed by atoms with Crippen molar-refractivity contribution in [1.82, 2.24) is 0 Å². The second kappa shape index (κ2) is 13.2. The number of hydrogen-bond acceptors (Lipinski definition) is 3. The third-order valence-electron chi connectivity index (χ3n) is 8.31. The molecule has 3 heteroatoms. The summed E-state index contributed by atoms with van der Waals surface area (Å²) in [5, 5.41) is 11.9. The Balaban J connectivity index is 1.43. The molecule has 2 nitrogen and oxygen atoms in total. The molecule has 0 unspecified atom stereocenters. The fourth-order valence-corrected chi connectivity index (χ4v) is 6.46. The Hall–Kier alpha value is -3.04. The lowest BCUT2D eigenvalue weighted by atomic mass is 9.88. The summed E-state index contributed by atoms with van der Waals surface area (Å²) in [4.78, 5) is 0. The van der Waals surface area contributed by atoms with Crippen molar-refractivity contribution in [2.75, 3.05) is 23.7 Å². The predicted octanol–water partition coefficient (Wildman–Crippen LogP) is 10.6. The van der Waals surface area contributed by atoms with Gasteiger partial charge in [0.1, 0.15) is 0 Å². The number of thiophene rings is 1. The van der Waals surface area contributed by atoms with Gasteiger partial charge in [0.15, 0.2) is 0 Å². The first-order chi connectivity index (χ1) is 18.7. The van der Waals surface area contributed by atoms with Crippen LogP contribution in [0.4, 0.5) is 11.4 Å². The molecule has 3 aromatic carbocycles. The first-order valence-electron chi connectivity index (χ1n) is 14.6. The minimum Gasteiger partial charge on any atom is -0.385 e. The van der Waals surface area contributed by atoms with Gasteiger partial charge in [-0.25, -0.2) is 0 Å². The molecule has 0 spiro atoms. The Morgan fingerprint density at radius 2 is 1.47 bits per heavy atom. The molecule has 0 amide bonds. The van der Waals surface area contributed by atoms with Gasteiger partial charge in [-0.05, 0) is 99.2 Å². The van der Waals surface area contributed by atoms with Gasteiger partial charge in [-0.3, -0.25) is 0 Å². The summed E-state index contributed by atoms with van der Waals surface area (Å²) in [5.41, 5.74) is 10.1. The second-order valence-corrected chi connectivity index (χ2v) is 11.6. The molecule has 0 atom stereocenters. The number of benzene rings is 3. The number of rotatable bonds is 11. The maximum absolute atomic E-state index is 3.75. The summed E-state index contributed by atoms with van der Waals surface area (Å²) in [6.07, 6.45) is 9.35. The van der Waals surface area contributed by atoms with E-state index in [0.29, 0.717) is 0 Å². The summed E-state index contributed by atoms with van der Waals surface area (Å²) in [6, 6.07) is 27.0. The number of hydrogen-bond donors (Lipinski definition) is 2. The Labute approximate surface area is 233 Å². The maximum atomic E-state index is 3.75. The van der Waals surface area contributed by atoms with Crippen LogP contribution in [0, 0.1) is 11.8 Å². The monoisotopic (exact) mass is 522 g/mol. The third-order valence-corrected chi connectivity index (χ3v) is 9.00. The van der Waals surface area contributed by atoms with Gasteiger partial charge in [0.25, 0.3) is 0 Å². The highest BCUT2D eigenvalue weighted by molar-refractivity contribution is 7.08. The molecule has 0 bridgehead atoms. The molecule has 0 saturated heterocycles. The lowest BCUT2D eigenvalue weighted by molar-refractivity contribution is 0.373. The Morgan fingerprint density at radius 1 is 0.737 bits per heavy atom. The van der Waals surface area contributed by atoms with Gasteiger partial charge >= 0.3 is 0 Å². The summed E-state index contributed by atoms with van der Waals surface area (Å²) >= 11 is 1.76. The van der Waals surface area contributed by atoms with Crippen molar-refractivity contribution in [3.05, 3.63) is 83.6 Å². The first-order valence-corrected chi connectivity index (χ1v) is 15.5. The molecular formula is C35H42N2S. The van der Waals surface area contributed by atoms with Crippen molar-refractivity contribution in [3.63, 3.8) is 0 Å². The van der Waals surface area contributed by atoms with Crippen LogP contribution in [0.2, 0.25) is 0 Å². The van der Waals surface area contributed by atoms with E-state index in [1.54, 1.807) is 11.3 Å². The van der Waals surface area contributed by atoms with Crippen LogP contribution < -0.4 is 10.6 Å². The van der Waals surface area contributed by atoms with Crippen LogP contribution >= 0.6 is 11.3 Å². The van der Waals surface area contributed by atoms with E-state index in [-0.39, 0.29) is 0 Å². The molecular weight excluding hydrogens is 480 g/mol. The Bertz CT molecular complexity index is 1270. The van der Waals surface area contributed by atoms with Crippen molar-refractivity contribution < 1.29 is 0 Å². The van der Waals surface area contributed by atoms with Crippen LogP contribution in [0.5, 0.6) is 0 Å². The van der Waals surface area contributed by atoms with Crippen LogP contribution in [0.3, 0.4) is 0 Å². The van der Waals surface area contributed by atoms with E-state index in [1.165, 1.54) is 89.7 Å². The average molecular weight is 523 g/mol. The van der Waals surface area contributed by atoms with Gasteiger partial charge in [-0.1, -0.05) is 88.4 Å². The van der Waals surface area contributed by atoms with E-state index in [2.05, 4.69) is 108 Å². The molecule has 1 aromatic heterocycles. The quantitative estimate of drug-likeness (QED) is 0.205. The van der Waals surface area contributed by atoms with Crippen molar-refractivity contribution in [1.29, 1.82) is 0 Å². The lowest BCUT2D eigenvalue weighted by Gasteiger charge is -2.22. The zero-order chi connectivity index (χ0) is 26.2. The molecule has 5 rings (SSSR count). The predicted molar refractivity (Wildman–Crippen MR) is 168 cm³/mol. The van der Waals surface area contributed by atoms with E-state index < -0.39 is 0 Å². The van der Waals surface area contributed by atoms with Crippen LogP contribution in [-0.4, -0.2) is 13.1 Å². The summed E-state index contributed by atoms with van der Waals surface area (Å²) in [7, 11) is 0. The number of anilines is 2. The summed E-state index contributed by atoms with van der Waals surface area (Å²) in [6.45, 7) is 6.67. The standard InChI is InChI=1S/C35H42N2S/c1-3-26(4-2)23-36-31-18-16-28(17-19-31)33-14-9-15-34(35(33)30-20-21-38-25-30)29-12-8-13-32(22-29)37-24-27-10-6-5-7-11-27/h8-9,12-22,25-27,36-37H,3-7,10-11,23-24H2,1-2H3. The normalized spacial score (nSPS) is 14.1. The highest BCUT2D eigenvalue weighted by atomic mass is 32.1. The molecule has 1 heterocycles. The first kappa shape index (κ1) is 26.6. The molecule has 1 aliphatic carbocycles. The maximum Gasteiger partial charge on any atom is 0.0346 e. The molecule has 1 fully saturated rings. The molecule has 0 aliphatic heterocycles. The minimum absolute atomic E-state index is 0.726. The highest BCUT2D eigenvalue weighted by Gasteiger charge is 2.16. The minimum atomic E-state index is 0.726. The van der Waals surface area contributed by atoms with Crippen LogP contribution in [0.15, 0.2) is 83.6 Å². The van der Waals surface area contributed by atoms with Gasteiger partial charge in [0, 0.05) is 24.5 Å². The Morgan fingerprint density at radius 3 is 2.18 bits per heavy atom. The zero-order valence-corrected chi connectivity index (χ0v) is 23.8. The SMILES string of the molecule is CCC(CC)CNc1ccc(-c2cccc(-c3cccc(NCC4CCCCC4)c3)c2-c2ccsc2)cc1. The molecule has 0 radical (unpaired) electrons. The molecule has 38 heavy (non-hydrogen) atoms. The fourth-order valence-electron chi connectivity index (χ4n) is 5.81. The number of nitrogens with one attached hydrogen (secondary N) is 2. The molecule has 4 aromatic rings. The summed E-state index contributed by atoms with van der Waals surface area (Å²) < 4.78 is 0. The van der Waals surface area contributed by atoms with Crippen LogP contribution in [0.1, 0.15) is 58.8 Å². The van der Waals surface area contributed by atoms with E-state index in [4.69, 9.17) is 0 Å². The topological polar surface area (TPSA) is 24.1 Å². The zero-order valence-electron chi connectivity index (χ0n) is 23.0. The van der Waals surface area contributed by atoms with Crippen LogP contribution in [0.25, 0.3) is 33.4 Å². The second-order valence-electron chi connectivity index (χ2n) is 10.8. The van der Waals surface area contributed by atoms with E-state index in [0.717, 1.165) is 24.9 Å². The van der Waals surface area contributed by atoms with E-state index in [9.17, 15) is 0 Å². The van der Waals surface area contributed by atoms with Crippen molar-refractivity contribution in [2.45, 2.75) is 58.8 Å². The lowest BCUT2D eigenvalue weighted by Crippen LogP contribution is -2.17. The largest absolute Gasteiger partial charge is 0.385 e. The van der Waals surface area contributed by atoms with Crippen molar-refractivity contribution in [2.24, 2.45) is 11.8 Å². The van der Waals surface area contributed by atoms with E-state index >= 15 is 0 Å². The van der Waals surface area contributed by atoms with Crippen molar-refractivity contribution >= 4 is 22.7 Å². The smallest absolute Gasteiger partial charge is 0.0346 e. The van der Waals surface area contributed by atoms with E-state index in [1.807, 2.05) is 0 Å². The van der Waals surface area contributed by atoms with Gasteiger partial charge in [-0.15, -0.1) is 0 Å². The highest BCUT2D eigenvalue weighted by Crippen LogP contribution is 2.41. The van der Waals surface area contributed by atoms with Gasteiger partial charge in [0.2, 0.25) is 0 Å². The van der Waals surface area contributed by atoms with Gasteiger partial charge in [0.05, 0.1) is 0 Å². The summed E-state index contributed by atoms with van der Waals surface area (Å²) in [5.74, 6) is 1.54. The molecule has 2 N–H and O–H groups in total. The average Bonchev–Trinajstić information content (AvgIpc) is 3.52. The van der Waals surface area contributed by atoms with Crippen LogP contribution in [-0.2, 0) is 0 Å². The van der Waals surface area contributed by atoms with Gasteiger partial charge < -0.3 is 10.6 Å². The third kappa shape index (κ3) is 6.50. The molecule has 198 valence electrons. The fraction of sp³-hybridized carbons (Fsp3) is 0.371. The van der Waals surface area contributed by atoms with Gasteiger partial charge in [-0.2, -0.15) is 11.3 Å². The molecule has 1 aliphatic rings. The molecule has 1 saturated carbocycles.